The van der Waals surface area contributed by atoms with Crippen LogP contribution >= 0.6 is 0 Å². The van der Waals surface area contributed by atoms with Gasteiger partial charge in [0, 0.05) is 12.1 Å². The van der Waals surface area contributed by atoms with Crippen LogP contribution in [0.5, 0.6) is 17.2 Å². The Kier molecular flexibility index (Phi) is 3.99. The normalized spacial score (nSPS) is 10.8. The summed E-state index contributed by atoms with van der Waals surface area (Å²) in [5, 5.41) is 26.5. The number of rotatable bonds is 4. The van der Waals surface area contributed by atoms with Crippen LogP contribution < -0.4 is 10.4 Å². The molecular formula is C17H17N3O4. The molecular weight excluding hydrogens is 310 g/mol. The van der Waals surface area contributed by atoms with Crippen LogP contribution in [-0.2, 0) is 6.42 Å². The van der Waals surface area contributed by atoms with Crippen molar-refractivity contribution in [2.45, 2.75) is 13.3 Å². The number of aromatic amines is 1. The van der Waals surface area contributed by atoms with Crippen LogP contribution in [0.2, 0.25) is 0 Å². The molecule has 3 aromatic rings. The summed E-state index contributed by atoms with van der Waals surface area (Å²) in [7, 11) is 1.54. The molecule has 0 radical (unpaired) electrons. The third-order valence-electron chi connectivity index (χ3n) is 3.80. The van der Waals surface area contributed by atoms with Gasteiger partial charge in [-0.3, -0.25) is 0 Å². The molecule has 0 unspecified atom stereocenters. The first-order valence-corrected chi connectivity index (χ1v) is 7.42. The van der Waals surface area contributed by atoms with E-state index in [0.29, 0.717) is 29.0 Å². The Morgan fingerprint density at radius 1 is 1.21 bits per heavy atom. The first-order chi connectivity index (χ1) is 11.5. The van der Waals surface area contributed by atoms with E-state index in [1.54, 1.807) is 30.3 Å². The molecule has 2 aromatic carbocycles. The molecule has 0 saturated carbocycles. The van der Waals surface area contributed by atoms with E-state index < -0.39 is 5.69 Å². The molecule has 0 amide bonds. The van der Waals surface area contributed by atoms with Crippen LogP contribution in [0.25, 0.3) is 17.1 Å². The number of benzene rings is 2. The quantitative estimate of drug-likeness (QED) is 0.682. The van der Waals surface area contributed by atoms with Crippen LogP contribution in [0, 0.1) is 0 Å². The average Bonchev–Trinajstić information content (AvgIpc) is 2.96. The average molecular weight is 327 g/mol. The van der Waals surface area contributed by atoms with E-state index in [1.807, 2.05) is 6.92 Å². The number of phenolic OH excluding ortho intramolecular Hbond substituents is 2. The molecule has 0 aliphatic rings. The van der Waals surface area contributed by atoms with E-state index in [-0.39, 0.29) is 17.3 Å². The third-order valence-corrected chi connectivity index (χ3v) is 3.80. The van der Waals surface area contributed by atoms with Gasteiger partial charge in [0.2, 0.25) is 0 Å². The highest BCUT2D eigenvalue weighted by Crippen LogP contribution is 2.34. The van der Waals surface area contributed by atoms with Crippen molar-refractivity contribution in [2.75, 3.05) is 7.11 Å². The molecule has 0 spiro atoms. The number of aryl methyl sites for hydroxylation is 1. The summed E-state index contributed by atoms with van der Waals surface area (Å²) in [6, 6.07) is 9.83. The Morgan fingerprint density at radius 3 is 2.71 bits per heavy atom. The molecule has 1 aromatic heterocycles. The molecule has 0 atom stereocenters. The van der Waals surface area contributed by atoms with E-state index in [1.165, 1.54) is 17.7 Å². The standard InChI is InChI=1S/C17H17N3O4/c1-3-10-7-13(15(22)9-14(10)21)16-18-19-17(23)20(16)11-5-4-6-12(8-11)24-2/h4-9,21-22H,3H2,1-2H3,(H,19,23). The third kappa shape index (κ3) is 2.60. The van der Waals surface area contributed by atoms with Gasteiger partial charge in [0.25, 0.3) is 0 Å². The summed E-state index contributed by atoms with van der Waals surface area (Å²) < 4.78 is 6.53. The largest absolute Gasteiger partial charge is 0.508 e. The predicted octanol–water partition coefficient (Wildman–Crippen LogP) is 2.21. The zero-order valence-corrected chi connectivity index (χ0v) is 13.3. The number of H-pyrrole nitrogens is 1. The highest BCUT2D eigenvalue weighted by Gasteiger charge is 2.18. The Hall–Kier alpha value is -3.22. The van der Waals surface area contributed by atoms with Crippen molar-refractivity contribution in [3.8, 4) is 34.3 Å². The molecule has 3 N–H and O–H groups in total. The first kappa shape index (κ1) is 15.7. The van der Waals surface area contributed by atoms with Crippen molar-refractivity contribution in [3.63, 3.8) is 0 Å². The smallest absolute Gasteiger partial charge is 0.348 e. The Bertz CT molecular complexity index is 943. The number of hydrogen-bond acceptors (Lipinski definition) is 5. The molecule has 24 heavy (non-hydrogen) atoms. The Morgan fingerprint density at radius 2 is 2.00 bits per heavy atom. The topological polar surface area (TPSA) is 100 Å². The van der Waals surface area contributed by atoms with Gasteiger partial charge in [0.1, 0.15) is 17.2 Å². The summed E-state index contributed by atoms with van der Waals surface area (Å²) in [6.07, 6.45) is 0.576. The molecule has 1 heterocycles. The van der Waals surface area contributed by atoms with Crippen molar-refractivity contribution < 1.29 is 14.9 Å². The van der Waals surface area contributed by atoms with Crippen LogP contribution in [-0.4, -0.2) is 32.1 Å². The maximum Gasteiger partial charge on any atom is 0.348 e. The van der Waals surface area contributed by atoms with Crippen molar-refractivity contribution in [1.82, 2.24) is 14.8 Å². The second-order valence-corrected chi connectivity index (χ2v) is 5.24. The molecule has 3 rings (SSSR count). The molecule has 0 aliphatic carbocycles. The number of phenols is 2. The summed E-state index contributed by atoms with van der Waals surface area (Å²) in [6.45, 7) is 1.88. The molecule has 124 valence electrons. The highest BCUT2D eigenvalue weighted by atomic mass is 16.5. The summed E-state index contributed by atoms with van der Waals surface area (Å²) >= 11 is 0. The lowest BCUT2D eigenvalue weighted by atomic mass is 10.1. The van der Waals surface area contributed by atoms with Crippen molar-refractivity contribution in [2.24, 2.45) is 0 Å². The van der Waals surface area contributed by atoms with E-state index in [9.17, 15) is 15.0 Å². The minimum Gasteiger partial charge on any atom is -0.508 e. The van der Waals surface area contributed by atoms with Gasteiger partial charge in [-0.25, -0.2) is 14.5 Å². The maximum absolute atomic E-state index is 12.2. The van der Waals surface area contributed by atoms with Gasteiger partial charge < -0.3 is 14.9 Å². The van der Waals surface area contributed by atoms with E-state index in [4.69, 9.17) is 4.74 Å². The zero-order valence-electron chi connectivity index (χ0n) is 13.3. The summed E-state index contributed by atoms with van der Waals surface area (Å²) in [5.74, 6) is 0.689. The Balaban J connectivity index is 2.23. The van der Waals surface area contributed by atoms with Crippen molar-refractivity contribution in [1.29, 1.82) is 0 Å². The van der Waals surface area contributed by atoms with Gasteiger partial charge in [-0.2, -0.15) is 5.10 Å². The Labute approximate surface area is 137 Å². The molecule has 0 bridgehead atoms. The number of hydrogen-bond donors (Lipinski definition) is 3. The van der Waals surface area contributed by atoms with Gasteiger partial charge in [-0.1, -0.05) is 13.0 Å². The van der Waals surface area contributed by atoms with E-state index >= 15 is 0 Å². The molecule has 0 saturated heterocycles. The lowest BCUT2D eigenvalue weighted by Gasteiger charge is -2.11. The first-order valence-electron chi connectivity index (χ1n) is 7.42. The lowest BCUT2D eigenvalue weighted by molar-refractivity contribution is 0.414. The van der Waals surface area contributed by atoms with Gasteiger partial charge >= 0.3 is 5.69 Å². The van der Waals surface area contributed by atoms with Crippen molar-refractivity contribution in [3.05, 3.63) is 52.4 Å². The predicted molar refractivity (Wildman–Crippen MR) is 88.9 cm³/mol. The fraction of sp³-hybridized carbons (Fsp3) is 0.176. The maximum atomic E-state index is 12.2. The van der Waals surface area contributed by atoms with Gasteiger partial charge in [-0.05, 0) is 30.2 Å². The molecule has 7 nitrogen and oxygen atoms in total. The minimum atomic E-state index is -0.441. The fourth-order valence-electron chi connectivity index (χ4n) is 2.55. The van der Waals surface area contributed by atoms with Gasteiger partial charge in [-0.15, -0.1) is 0 Å². The monoisotopic (exact) mass is 327 g/mol. The van der Waals surface area contributed by atoms with Crippen LogP contribution in [0.1, 0.15) is 12.5 Å². The van der Waals surface area contributed by atoms with E-state index in [0.717, 1.165) is 0 Å². The lowest BCUT2D eigenvalue weighted by Crippen LogP contribution is -2.15. The molecule has 0 fully saturated rings. The van der Waals surface area contributed by atoms with Gasteiger partial charge in [0.15, 0.2) is 5.82 Å². The number of nitrogens with zero attached hydrogens (tertiary/aromatic N) is 2. The van der Waals surface area contributed by atoms with Crippen molar-refractivity contribution >= 4 is 0 Å². The number of methoxy groups -OCH3 is 1. The second kappa shape index (κ2) is 6.11. The van der Waals surface area contributed by atoms with Crippen LogP contribution in [0.3, 0.4) is 0 Å². The number of nitrogens with one attached hydrogen (secondary N) is 1. The summed E-state index contributed by atoms with van der Waals surface area (Å²) in [4.78, 5) is 12.2. The van der Waals surface area contributed by atoms with Crippen LogP contribution in [0.4, 0.5) is 0 Å². The van der Waals surface area contributed by atoms with Crippen LogP contribution in [0.15, 0.2) is 41.2 Å². The molecule has 7 heteroatoms. The SMILES string of the molecule is CCc1cc(-c2n[nH]c(=O)n2-c2cccc(OC)c2)c(O)cc1O. The van der Waals surface area contributed by atoms with E-state index in [2.05, 4.69) is 10.2 Å². The minimum absolute atomic E-state index is 0.00423. The highest BCUT2D eigenvalue weighted by molar-refractivity contribution is 5.68. The molecule has 0 aliphatic heterocycles. The second-order valence-electron chi connectivity index (χ2n) is 5.24. The number of aromatic hydroxyl groups is 2. The van der Waals surface area contributed by atoms with Gasteiger partial charge in [0.05, 0.1) is 18.4 Å². The fourth-order valence-corrected chi connectivity index (χ4v) is 2.55. The zero-order chi connectivity index (χ0) is 17.3. The summed E-state index contributed by atoms with van der Waals surface area (Å²) in [5.41, 5.74) is 1.11. The number of aromatic nitrogens is 3. The number of ether oxygens (including phenoxy) is 1.